The van der Waals surface area contributed by atoms with Gasteiger partial charge in [0.15, 0.2) is 0 Å². The van der Waals surface area contributed by atoms with Gasteiger partial charge >= 0.3 is 0 Å². The molecule has 1 fully saturated rings. The van der Waals surface area contributed by atoms with Crippen molar-refractivity contribution >= 4 is 16.1 Å². The van der Waals surface area contributed by atoms with Crippen LogP contribution in [0.4, 0.5) is 13.2 Å². The lowest BCUT2D eigenvalue weighted by Crippen LogP contribution is -2.52. The normalized spacial score (nSPS) is 19.7. The van der Waals surface area contributed by atoms with Gasteiger partial charge in [-0.3, -0.25) is 4.98 Å². The summed E-state index contributed by atoms with van der Waals surface area (Å²) in [7, 11) is -2.84. The number of rotatable bonds is 6. The van der Waals surface area contributed by atoms with Crippen LogP contribution in [-0.2, 0) is 16.4 Å². The number of piperidine rings is 1. The standard InChI is InChI=1S/C29H25F3N4O4S/c1-40-24-6-8-33-26(14-24)28(37)29-15-18-16-34-36(23-4-2-20(30)3-5-23)27(18)10-19(29)7-9-35(17-29)41(38,39)25-12-21(31)11-22(32)13-25/h2-6,8,10-14,16,28,37H,7,9,15,17H2,1H3/t28?,29-/m0/s1. The summed E-state index contributed by atoms with van der Waals surface area (Å²) in [6.45, 7) is -0.160. The Labute approximate surface area is 234 Å². The molecule has 3 heterocycles. The van der Waals surface area contributed by atoms with Gasteiger partial charge in [-0.1, -0.05) is 5.57 Å². The van der Waals surface area contributed by atoms with Crippen molar-refractivity contribution in [1.82, 2.24) is 19.1 Å². The van der Waals surface area contributed by atoms with E-state index in [-0.39, 0.29) is 37.4 Å². The second-order valence-corrected chi connectivity index (χ2v) is 12.1. The average molecular weight is 583 g/mol. The Morgan fingerprint density at radius 1 is 1.02 bits per heavy atom. The quantitative estimate of drug-likeness (QED) is 0.361. The molecule has 8 nitrogen and oxygen atoms in total. The summed E-state index contributed by atoms with van der Waals surface area (Å²) in [6.07, 6.45) is 4.16. The molecule has 0 spiro atoms. The number of fused-ring (bicyclic) bond motifs is 2. The molecule has 1 saturated heterocycles. The fourth-order valence-electron chi connectivity index (χ4n) is 5.73. The molecule has 1 unspecified atom stereocenters. The molecule has 41 heavy (non-hydrogen) atoms. The molecule has 2 atom stereocenters. The number of ether oxygens (including phenoxy) is 1. The molecule has 12 heteroatoms. The SMILES string of the molecule is COc1ccnc(C(O)[C@]23Cc4cnn(-c5ccc(F)cc5)c4C=C2CCN(S(=O)(=O)c2cc(F)cc(F)c2)C3)c1. The predicted molar refractivity (Wildman–Crippen MR) is 143 cm³/mol. The lowest BCUT2D eigenvalue weighted by molar-refractivity contribution is 0.0186. The van der Waals surface area contributed by atoms with Crippen LogP contribution in [-0.4, -0.2) is 52.8 Å². The molecule has 6 rings (SSSR count). The van der Waals surface area contributed by atoms with E-state index in [1.807, 2.05) is 6.08 Å². The van der Waals surface area contributed by atoms with Crippen LogP contribution in [0, 0.1) is 22.9 Å². The third-order valence-corrected chi connectivity index (χ3v) is 9.59. The van der Waals surface area contributed by atoms with Gasteiger partial charge in [-0.2, -0.15) is 9.40 Å². The van der Waals surface area contributed by atoms with E-state index in [9.17, 15) is 26.7 Å². The number of hydrogen-bond donors (Lipinski definition) is 1. The van der Waals surface area contributed by atoms with Crippen molar-refractivity contribution in [3.63, 3.8) is 0 Å². The number of methoxy groups -OCH3 is 1. The number of sulfonamides is 1. The van der Waals surface area contributed by atoms with Gasteiger partial charge in [0.05, 0.1) is 35.3 Å². The highest BCUT2D eigenvalue weighted by Gasteiger charge is 2.51. The monoisotopic (exact) mass is 582 g/mol. The maximum atomic E-state index is 14.0. The van der Waals surface area contributed by atoms with Crippen molar-refractivity contribution in [2.45, 2.75) is 23.8 Å². The smallest absolute Gasteiger partial charge is 0.243 e. The van der Waals surface area contributed by atoms with Crippen molar-refractivity contribution in [2.24, 2.45) is 5.41 Å². The Bertz CT molecular complexity index is 1750. The molecule has 212 valence electrons. The van der Waals surface area contributed by atoms with E-state index in [0.717, 1.165) is 33.3 Å². The molecule has 2 aromatic carbocycles. The summed E-state index contributed by atoms with van der Waals surface area (Å²) < 4.78 is 77.0. The summed E-state index contributed by atoms with van der Waals surface area (Å²) in [5.41, 5.74) is 1.97. The zero-order valence-corrected chi connectivity index (χ0v) is 22.7. The van der Waals surface area contributed by atoms with Crippen LogP contribution in [0.2, 0.25) is 0 Å². The number of hydrogen-bond acceptors (Lipinski definition) is 6. The van der Waals surface area contributed by atoms with Crippen molar-refractivity contribution in [3.05, 3.63) is 107 Å². The first-order valence-electron chi connectivity index (χ1n) is 12.8. The number of aromatic nitrogens is 3. The predicted octanol–water partition coefficient (Wildman–Crippen LogP) is 4.45. The first kappa shape index (κ1) is 27.2. The Kier molecular flexibility index (Phi) is 6.71. The van der Waals surface area contributed by atoms with Crippen molar-refractivity contribution in [3.8, 4) is 11.4 Å². The lowest BCUT2D eigenvalue weighted by atomic mass is 9.64. The van der Waals surface area contributed by atoms with Gasteiger partial charge in [0.25, 0.3) is 0 Å². The molecular weight excluding hydrogens is 557 g/mol. The van der Waals surface area contributed by atoms with Gasteiger partial charge in [0.2, 0.25) is 10.0 Å². The minimum atomic E-state index is -4.33. The Morgan fingerprint density at radius 2 is 1.76 bits per heavy atom. The van der Waals surface area contributed by atoms with Crippen LogP contribution >= 0.6 is 0 Å². The number of aliphatic hydroxyl groups excluding tert-OH is 1. The van der Waals surface area contributed by atoms with E-state index in [1.54, 1.807) is 35.1 Å². The summed E-state index contributed by atoms with van der Waals surface area (Å²) >= 11 is 0. The van der Waals surface area contributed by atoms with E-state index in [4.69, 9.17) is 4.74 Å². The molecular formula is C29H25F3N4O4S. The number of halogens is 3. The lowest BCUT2D eigenvalue weighted by Gasteiger charge is -2.48. The summed E-state index contributed by atoms with van der Waals surface area (Å²) in [6, 6.07) is 11.3. The maximum absolute atomic E-state index is 14.0. The van der Waals surface area contributed by atoms with E-state index >= 15 is 0 Å². The Morgan fingerprint density at radius 3 is 2.46 bits per heavy atom. The van der Waals surface area contributed by atoms with E-state index < -0.39 is 38.1 Å². The average Bonchev–Trinajstić information content (AvgIpc) is 3.37. The molecule has 1 N–H and O–H groups in total. The molecule has 4 aromatic rings. The van der Waals surface area contributed by atoms with Gasteiger partial charge in [0, 0.05) is 36.8 Å². The van der Waals surface area contributed by atoms with E-state index in [0.29, 0.717) is 17.5 Å². The summed E-state index contributed by atoms with van der Waals surface area (Å²) in [5, 5.41) is 16.4. The van der Waals surface area contributed by atoms with Gasteiger partial charge in [0.1, 0.15) is 29.3 Å². The van der Waals surface area contributed by atoms with Crippen molar-refractivity contribution < 1.29 is 31.4 Å². The topological polar surface area (TPSA) is 97.6 Å². The molecule has 1 aliphatic heterocycles. The molecule has 2 aliphatic rings. The minimum absolute atomic E-state index is 0.0202. The Balaban J connectivity index is 1.46. The van der Waals surface area contributed by atoms with Crippen molar-refractivity contribution in [2.75, 3.05) is 20.2 Å². The number of nitrogens with zero attached hydrogens (tertiary/aromatic N) is 4. The number of aliphatic hydroxyl groups is 1. The van der Waals surface area contributed by atoms with Crippen molar-refractivity contribution in [1.29, 1.82) is 0 Å². The fourth-order valence-corrected chi connectivity index (χ4v) is 7.28. The van der Waals surface area contributed by atoms with E-state index in [2.05, 4.69) is 10.1 Å². The summed E-state index contributed by atoms with van der Waals surface area (Å²) in [5.74, 6) is -1.93. The third kappa shape index (κ3) is 4.71. The molecule has 1 aliphatic carbocycles. The van der Waals surface area contributed by atoms with Gasteiger partial charge in [-0.15, -0.1) is 0 Å². The van der Waals surface area contributed by atoms with Crippen LogP contribution in [0.5, 0.6) is 5.75 Å². The maximum Gasteiger partial charge on any atom is 0.243 e. The van der Waals surface area contributed by atoms with Crippen LogP contribution in [0.1, 0.15) is 29.5 Å². The fraction of sp³-hybridized carbons (Fsp3) is 0.241. The highest BCUT2D eigenvalue weighted by molar-refractivity contribution is 7.89. The van der Waals surface area contributed by atoms with Gasteiger partial charge in [-0.05, 0) is 66.9 Å². The first-order chi connectivity index (χ1) is 19.6. The van der Waals surface area contributed by atoms with Gasteiger partial charge in [-0.25, -0.2) is 26.3 Å². The van der Waals surface area contributed by atoms with E-state index in [1.165, 1.54) is 25.4 Å². The van der Waals surface area contributed by atoms with Crippen LogP contribution in [0.25, 0.3) is 11.8 Å². The Hall–Kier alpha value is -4.00. The number of benzene rings is 2. The van der Waals surface area contributed by atoms with Crippen LogP contribution in [0.3, 0.4) is 0 Å². The zero-order chi connectivity index (χ0) is 28.9. The number of pyridine rings is 1. The molecule has 0 saturated carbocycles. The zero-order valence-electron chi connectivity index (χ0n) is 21.8. The van der Waals surface area contributed by atoms with Gasteiger partial charge < -0.3 is 9.84 Å². The molecule has 0 amide bonds. The molecule has 2 aromatic heterocycles. The summed E-state index contributed by atoms with van der Waals surface area (Å²) in [4.78, 5) is 3.85. The minimum Gasteiger partial charge on any atom is -0.497 e. The molecule has 0 radical (unpaired) electrons. The third-order valence-electron chi connectivity index (χ3n) is 7.77. The highest BCUT2D eigenvalue weighted by Crippen LogP contribution is 2.52. The van der Waals surface area contributed by atoms with Crippen LogP contribution < -0.4 is 4.74 Å². The second-order valence-electron chi connectivity index (χ2n) is 10.2. The first-order valence-corrected chi connectivity index (χ1v) is 14.2. The van der Waals surface area contributed by atoms with Crippen LogP contribution in [0.15, 0.2) is 77.5 Å². The molecule has 0 bridgehead atoms. The second kappa shape index (κ2) is 10.1. The largest absolute Gasteiger partial charge is 0.497 e. The highest BCUT2D eigenvalue weighted by atomic mass is 32.2.